The van der Waals surface area contributed by atoms with Gasteiger partial charge in [-0.2, -0.15) is 0 Å². The summed E-state index contributed by atoms with van der Waals surface area (Å²) < 4.78 is 5.93. The number of carbonyl (C=O) groups is 2. The van der Waals surface area contributed by atoms with Crippen molar-refractivity contribution >= 4 is 41.8 Å². The molecule has 3 heterocycles. The first-order valence-corrected chi connectivity index (χ1v) is 12.7. The number of nitrogens with zero attached hydrogens (tertiary/aromatic N) is 3. The molecule has 3 atom stereocenters. The van der Waals surface area contributed by atoms with E-state index >= 15 is 0 Å². The maximum Gasteiger partial charge on any atom is 0.222 e. The number of fused-ring (bicyclic) bond motifs is 2. The van der Waals surface area contributed by atoms with Gasteiger partial charge in [-0.3, -0.25) is 14.6 Å². The number of carbonyl (C=O) groups excluding carboxylic acids is 2. The third kappa shape index (κ3) is 8.88. The molecule has 0 aromatic heterocycles. The van der Waals surface area contributed by atoms with Gasteiger partial charge in [-0.05, 0) is 44.9 Å². The zero-order chi connectivity index (χ0) is 22.9. The second-order valence-corrected chi connectivity index (χ2v) is 9.79. The van der Waals surface area contributed by atoms with Crippen molar-refractivity contribution in [3.8, 4) is 0 Å². The SMILES string of the molecule is CCNC(=NCCCCCC(=O)N1CCN(C(=O)CC(C)C)CC1)NC1CC2CCC1O2.I. The Labute approximate surface area is 216 Å². The summed E-state index contributed by atoms with van der Waals surface area (Å²) in [5.41, 5.74) is 0. The Kier molecular flexibility index (Phi) is 12.2. The minimum Gasteiger partial charge on any atom is -0.373 e. The summed E-state index contributed by atoms with van der Waals surface area (Å²) in [5.74, 6) is 1.69. The van der Waals surface area contributed by atoms with Crippen LogP contribution in [0.15, 0.2) is 4.99 Å². The van der Waals surface area contributed by atoms with Crippen molar-refractivity contribution in [1.82, 2.24) is 20.4 Å². The van der Waals surface area contributed by atoms with Crippen molar-refractivity contribution in [3.05, 3.63) is 0 Å². The van der Waals surface area contributed by atoms with E-state index in [0.29, 0.717) is 63.2 Å². The first-order chi connectivity index (χ1) is 15.5. The van der Waals surface area contributed by atoms with Crippen LogP contribution in [0.3, 0.4) is 0 Å². The number of unbranched alkanes of at least 4 members (excludes halogenated alkanes) is 2. The molecule has 0 radical (unpaired) electrons. The van der Waals surface area contributed by atoms with Gasteiger partial charge in [-0.1, -0.05) is 20.3 Å². The van der Waals surface area contributed by atoms with E-state index in [2.05, 4.69) is 31.4 Å². The fourth-order valence-corrected chi connectivity index (χ4v) is 4.88. The molecule has 3 fully saturated rings. The molecule has 2 amide bonds. The highest BCUT2D eigenvalue weighted by molar-refractivity contribution is 14.0. The Balaban J connectivity index is 0.00000385. The van der Waals surface area contributed by atoms with Gasteiger partial charge in [0.2, 0.25) is 11.8 Å². The molecule has 9 heteroatoms. The van der Waals surface area contributed by atoms with Crippen molar-refractivity contribution in [2.75, 3.05) is 39.3 Å². The third-order valence-corrected chi connectivity index (χ3v) is 6.66. The molecule has 3 saturated heterocycles. The molecule has 0 spiro atoms. The van der Waals surface area contributed by atoms with Crippen LogP contribution >= 0.6 is 24.0 Å². The molecule has 0 aromatic carbocycles. The number of piperazine rings is 1. The van der Waals surface area contributed by atoms with Crippen LogP contribution in [0.4, 0.5) is 0 Å². The smallest absolute Gasteiger partial charge is 0.222 e. The predicted molar refractivity (Wildman–Crippen MR) is 142 cm³/mol. The van der Waals surface area contributed by atoms with Crippen LogP contribution in [-0.2, 0) is 14.3 Å². The molecule has 33 heavy (non-hydrogen) atoms. The summed E-state index contributed by atoms with van der Waals surface area (Å²) in [4.78, 5) is 33.2. The second-order valence-electron chi connectivity index (χ2n) is 9.79. The molecule has 0 aromatic rings. The molecule has 0 saturated carbocycles. The van der Waals surface area contributed by atoms with Gasteiger partial charge in [0.25, 0.3) is 0 Å². The van der Waals surface area contributed by atoms with E-state index in [4.69, 9.17) is 9.73 Å². The largest absolute Gasteiger partial charge is 0.373 e. The average molecular weight is 578 g/mol. The van der Waals surface area contributed by atoms with Gasteiger partial charge < -0.3 is 25.2 Å². The van der Waals surface area contributed by atoms with E-state index < -0.39 is 0 Å². The Hall–Kier alpha value is -1.10. The molecule has 2 N–H and O–H groups in total. The normalized spacial score (nSPS) is 24.7. The number of halogens is 1. The van der Waals surface area contributed by atoms with Gasteiger partial charge in [-0.15, -0.1) is 24.0 Å². The third-order valence-electron chi connectivity index (χ3n) is 6.66. The van der Waals surface area contributed by atoms with Crippen molar-refractivity contribution in [2.45, 2.75) is 90.4 Å². The lowest BCUT2D eigenvalue weighted by atomic mass is 9.96. The quantitative estimate of drug-likeness (QED) is 0.181. The fraction of sp³-hybridized carbons (Fsp3) is 0.875. The lowest BCUT2D eigenvalue weighted by Gasteiger charge is -2.35. The van der Waals surface area contributed by atoms with Gasteiger partial charge in [0.1, 0.15) is 0 Å². The number of rotatable bonds is 10. The summed E-state index contributed by atoms with van der Waals surface area (Å²) in [7, 11) is 0. The highest BCUT2D eigenvalue weighted by Gasteiger charge is 2.41. The summed E-state index contributed by atoms with van der Waals surface area (Å²) in [6, 6.07) is 0.380. The zero-order valence-electron chi connectivity index (χ0n) is 20.7. The molecule has 3 aliphatic rings. The number of hydrogen-bond acceptors (Lipinski definition) is 4. The van der Waals surface area contributed by atoms with E-state index in [9.17, 15) is 9.59 Å². The van der Waals surface area contributed by atoms with Crippen molar-refractivity contribution < 1.29 is 14.3 Å². The first-order valence-electron chi connectivity index (χ1n) is 12.7. The van der Waals surface area contributed by atoms with Crippen LogP contribution in [0.25, 0.3) is 0 Å². The Morgan fingerprint density at radius 3 is 2.30 bits per heavy atom. The van der Waals surface area contributed by atoms with Crippen LogP contribution in [0.1, 0.15) is 72.1 Å². The lowest BCUT2D eigenvalue weighted by Crippen LogP contribution is -2.50. The van der Waals surface area contributed by atoms with E-state index in [1.807, 2.05) is 9.80 Å². The monoisotopic (exact) mass is 577 g/mol. The summed E-state index contributed by atoms with van der Waals surface area (Å²) in [6.45, 7) is 10.5. The molecule has 190 valence electrons. The van der Waals surface area contributed by atoms with Crippen LogP contribution in [0.2, 0.25) is 0 Å². The average Bonchev–Trinajstić information content (AvgIpc) is 3.39. The van der Waals surface area contributed by atoms with Gasteiger partial charge in [0, 0.05) is 52.1 Å². The summed E-state index contributed by atoms with van der Waals surface area (Å²) >= 11 is 0. The number of guanidine groups is 1. The van der Waals surface area contributed by atoms with E-state index in [0.717, 1.165) is 51.2 Å². The van der Waals surface area contributed by atoms with Gasteiger partial charge in [0.15, 0.2) is 5.96 Å². The number of hydrogen-bond donors (Lipinski definition) is 2. The maximum absolute atomic E-state index is 12.5. The zero-order valence-corrected chi connectivity index (χ0v) is 23.0. The van der Waals surface area contributed by atoms with Crippen LogP contribution < -0.4 is 10.6 Å². The molecular weight excluding hydrogens is 533 g/mol. The highest BCUT2D eigenvalue weighted by atomic mass is 127. The summed E-state index contributed by atoms with van der Waals surface area (Å²) in [6.07, 6.45) is 8.25. The van der Waals surface area contributed by atoms with Crippen molar-refractivity contribution in [2.24, 2.45) is 10.9 Å². The standard InChI is InChI=1S/C24H43N5O3.HI/c1-4-25-24(27-20-17-19-9-10-21(20)32-19)26-11-7-5-6-8-22(30)28-12-14-29(15-13-28)23(31)16-18(2)3;/h18-21H,4-17H2,1-3H3,(H2,25,26,27);1H. The van der Waals surface area contributed by atoms with E-state index in [1.54, 1.807) is 0 Å². The number of aliphatic imine (C=N–C) groups is 1. The van der Waals surface area contributed by atoms with Crippen molar-refractivity contribution in [1.29, 1.82) is 0 Å². The molecule has 0 aliphatic carbocycles. The first kappa shape index (κ1) is 28.1. The highest BCUT2D eigenvalue weighted by Crippen LogP contribution is 2.34. The number of ether oxygens (including phenoxy) is 1. The van der Waals surface area contributed by atoms with Crippen LogP contribution in [-0.4, -0.2) is 85.1 Å². The Morgan fingerprint density at radius 2 is 1.73 bits per heavy atom. The van der Waals surface area contributed by atoms with Gasteiger partial charge in [0.05, 0.1) is 18.2 Å². The van der Waals surface area contributed by atoms with Crippen molar-refractivity contribution in [3.63, 3.8) is 0 Å². The van der Waals surface area contributed by atoms with E-state index in [-0.39, 0.29) is 35.8 Å². The number of amides is 2. The molecule has 8 nitrogen and oxygen atoms in total. The minimum atomic E-state index is 0. The lowest BCUT2D eigenvalue weighted by molar-refractivity contribution is -0.140. The fourth-order valence-electron chi connectivity index (χ4n) is 4.88. The van der Waals surface area contributed by atoms with Crippen LogP contribution in [0.5, 0.6) is 0 Å². The molecular formula is C24H44IN5O3. The molecule has 2 bridgehead atoms. The Morgan fingerprint density at radius 1 is 1.03 bits per heavy atom. The van der Waals surface area contributed by atoms with Gasteiger partial charge >= 0.3 is 0 Å². The number of nitrogens with one attached hydrogen (secondary N) is 2. The maximum atomic E-state index is 12.5. The summed E-state index contributed by atoms with van der Waals surface area (Å²) in [5, 5.41) is 6.88. The Bertz CT molecular complexity index is 652. The molecule has 3 rings (SSSR count). The molecule has 3 aliphatic heterocycles. The van der Waals surface area contributed by atoms with Gasteiger partial charge in [-0.25, -0.2) is 0 Å². The van der Waals surface area contributed by atoms with Crippen LogP contribution in [0, 0.1) is 5.92 Å². The predicted octanol–water partition coefficient (Wildman–Crippen LogP) is 2.76. The second kappa shape index (κ2) is 14.3. The minimum absolute atomic E-state index is 0. The van der Waals surface area contributed by atoms with E-state index in [1.165, 1.54) is 6.42 Å². The topological polar surface area (TPSA) is 86.3 Å². The molecule has 3 unspecified atom stereocenters.